The molecular formula is C17H13BrN2O5S. The monoisotopic (exact) mass is 436 g/mol. The van der Waals surface area contributed by atoms with Crippen LogP contribution in [0.5, 0.6) is 0 Å². The Hall–Kier alpha value is -2.65. The van der Waals surface area contributed by atoms with Crippen molar-refractivity contribution in [1.82, 2.24) is 0 Å². The number of benzene rings is 1. The first-order valence-corrected chi connectivity index (χ1v) is 9.07. The first kappa shape index (κ1) is 18.2. The lowest BCUT2D eigenvalue weighted by molar-refractivity contribution is -0.119. The Kier molecular flexibility index (Phi) is 5.10. The van der Waals surface area contributed by atoms with E-state index < -0.39 is 24.4 Å². The van der Waals surface area contributed by atoms with Gasteiger partial charge >= 0.3 is 5.97 Å². The number of hydrogen-bond acceptors (Lipinski definition) is 6. The zero-order valence-corrected chi connectivity index (χ0v) is 15.9. The number of halogens is 1. The highest BCUT2D eigenvalue weighted by molar-refractivity contribution is 9.10. The van der Waals surface area contributed by atoms with E-state index in [4.69, 9.17) is 14.9 Å². The molecule has 0 aliphatic rings. The number of esters is 1. The lowest BCUT2D eigenvalue weighted by Crippen LogP contribution is -2.22. The largest absolute Gasteiger partial charge is 0.450 e. The van der Waals surface area contributed by atoms with Crippen molar-refractivity contribution >= 4 is 61.0 Å². The van der Waals surface area contributed by atoms with Gasteiger partial charge in [0.1, 0.15) is 10.6 Å². The van der Waals surface area contributed by atoms with Crippen molar-refractivity contribution < 1.29 is 23.5 Å². The van der Waals surface area contributed by atoms with Crippen molar-refractivity contribution in [2.45, 2.75) is 6.92 Å². The van der Waals surface area contributed by atoms with Crippen molar-refractivity contribution in [3.05, 3.63) is 51.0 Å². The molecule has 0 saturated heterocycles. The number of fused-ring (bicyclic) bond motifs is 1. The standard InChI is InChI=1S/C17H13BrN2O5S/c1-8-11-6-9(18)2-3-12(11)25-14(8)17(23)24-7-13(21)20-16-10(15(19)22)4-5-26-16/h2-6H,7H2,1H3,(H2,19,22)(H,20,21). The fourth-order valence-corrected chi connectivity index (χ4v) is 3.52. The zero-order valence-electron chi connectivity index (χ0n) is 13.5. The first-order valence-electron chi connectivity index (χ1n) is 7.39. The topological polar surface area (TPSA) is 112 Å². The molecule has 2 amide bonds. The molecule has 0 spiro atoms. The van der Waals surface area contributed by atoms with Crippen LogP contribution >= 0.6 is 27.3 Å². The number of primary amides is 1. The smallest absolute Gasteiger partial charge is 0.375 e. The number of rotatable bonds is 5. The Balaban J connectivity index is 1.67. The third kappa shape index (κ3) is 3.63. The summed E-state index contributed by atoms with van der Waals surface area (Å²) in [7, 11) is 0. The number of carbonyl (C=O) groups excluding carboxylic acids is 3. The van der Waals surface area contributed by atoms with Crippen LogP contribution in [0.25, 0.3) is 11.0 Å². The van der Waals surface area contributed by atoms with Gasteiger partial charge in [-0.15, -0.1) is 11.3 Å². The number of nitrogens with two attached hydrogens (primary N) is 1. The van der Waals surface area contributed by atoms with Crippen molar-refractivity contribution in [1.29, 1.82) is 0 Å². The number of furan rings is 1. The van der Waals surface area contributed by atoms with Crippen LogP contribution in [0.3, 0.4) is 0 Å². The molecule has 9 heteroatoms. The summed E-state index contributed by atoms with van der Waals surface area (Å²) < 4.78 is 11.4. The van der Waals surface area contributed by atoms with Crippen LogP contribution in [0.2, 0.25) is 0 Å². The molecule has 0 aliphatic carbocycles. The summed E-state index contributed by atoms with van der Waals surface area (Å²) in [6.45, 7) is 1.22. The van der Waals surface area contributed by atoms with Crippen LogP contribution in [0.1, 0.15) is 26.5 Å². The van der Waals surface area contributed by atoms with Crippen LogP contribution in [0.4, 0.5) is 5.00 Å². The van der Waals surface area contributed by atoms with Crippen molar-refractivity contribution in [3.63, 3.8) is 0 Å². The van der Waals surface area contributed by atoms with E-state index in [1.807, 2.05) is 6.07 Å². The summed E-state index contributed by atoms with van der Waals surface area (Å²) >= 11 is 4.51. The summed E-state index contributed by atoms with van der Waals surface area (Å²) in [5.41, 5.74) is 6.59. The summed E-state index contributed by atoms with van der Waals surface area (Å²) in [5.74, 6) is -1.94. The van der Waals surface area contributed by atoms with Crippen LogP contribution in [0.15, 0.2) is 38.5 Å². The molecule has 7 nitrogen and oxygen atoms in total. The van der Waals surface area contributed by atoms with Gasteiger partial charge in [-0.2, -0.15) is 0 Å². The number of amides is 2. The average Bonchev–Trinajstić information content (AvgIpc) is 3.18. The molecular weight excluding hydrogens is 424 g/mol. The molecule has 0 bridgehead atoms. The molecule has 3 aromatic rings. The minimum atomic E-state index is -0.744. The number of thiophene rings is 1. The quantitative estimate of drug-likeness (QED) is 0.594. The summed E-state index contributed by atoms with van der Waals surface area (Å²) in [6.07, 6.45) is 0. The van der Waals surface area contributed by atoms with Crippen LogP contribution in [-0.2, 0) is 9.53 Å². The van der Waals surface area contributed by atoms with Crippen molar-refractivity contribution in [3.8, 4) is 0 Å². The van der Waals surface area contributed by atoms with E-state index in [1.165, 1.54) is 6.07 Å². The van der Waals surface area contributed by atoms with Gasteiger partial charge in [-0.25, -0.2) is 4.79 Å². The molecule has 134 valence electrons. The molecule has 2 aromatic heterocycles. The van der Waals surface area contributed by atoms with Crippen molar-refractivity contribution in [2.24, 2.45) is 5.73 Å². The van der Waals surface area contributed by atoms with E-state index >= 15 is 0 Å². The number of nitrogens with one attached hydrogen (secondary N) is 1. The van der Waals surface area contributed by atoms with E-state index in [2.05, 4.69) is 21.2 Å². The second-order valence-corrected chi connectivity index (χ2v) is 7.18. The molecule has 26 heavy (non-hydrogen) atoms. The van der Waals surface area contributed by atoms with E-state index in [1.54, 1.807) is 24.4 Å². The van der Waals surface area contributed by atoms with Gasteiger partial charge in [0.2, 0.25) is 5.76 Å². The Morgan fingerprint density at radius 1 is 1.31 bits per heavy atom. The van der Waals surface area contributed by atoms with E-state index in [-0.39, 0.29) is 11.3 Å². The second-order valence-electron chi connectivity index (χ2n) is 5.35. The summed E-state index contributed by atoms with van der Waals surface area (Å²) in [4.78, 5) is 35.4. The van der Waals surface area contributed by atoms with Crippen LogP contribution < -0.4 is 11.1 Å². The molecule has 0 aliphatic heterocycles. The molecule has 0 unspecified atom stereocenters. The van der Waals surface area contributed by atoms with Gasteiger partial charge in [0.15, 0.2) is 6.61 Å². The Morgan fingerprint density at radius 3 is 2.81 bits per heavy atom. The maximum absolute atomic E-state index is 12.2. The van der Waals surface area contributed by atoms with E-state index in [0.29, 0.717) is 16.1 Å². The van der Waals surface area contributed by atoms with Crippen LogP contribution in [0, 0.1) is 6.92 Å². The van der Waals surface area contributed by atoms with Gasteiger partial charge in [-0.05, 0) is 36.6 Å². The first-order chi connectivity index (χ1) is 12.4. The molecule has 1 aromatic carbocycles. The Labute approximate surface area is 160 Å². The van der Waals surface area contributed by atoms with Gasteiger partial charge in [-0.3, -0.25) is 9.59 Å². The molecule has 0 atom stereocenters. The average molecular weight is 437 g/mol. The van der Waals surface area contributed by atoms with Crippen molar-refractivity contribution in [2.75, 3.05) is 11.9 Å². The third-order valence-corrected chi connectivity index (χ3v) is 4.92. The lowest BCUT2D eigenvalue weighted by Gasteiger charge is -2.05. The zero-order chi connectivity index (χ0) is 18.8. The predicted octanol–water partition coefficient (Wildman–Crippen LogP) is 3.46. The predicted molar refractivity (Wildman–Crippen MR) is 100 cm³/mol. The summed E-state index contributed by atoms with van der Waals surface area (Å²) in [6, 6.07) is 6.87. The van der Waals surface area contributed by atoms with E-state index in [9.17, 15) is 14.4 Å². The molecule has 0 saturated carbocycles. The normalized spacial score (nSPS) is 10.7. The van der Waals surface area contributed by atoms with Gasteiger partial charge in [0, 0.05) is 15.4 Å². The fraction of sp³-hybridized carbons (Fsp3) is 0.118. The number of aryl methyl sites for hydroxylation is 1. The summed E-state index contributed by atoms with van der Waals surface area (Å²) in [5, 5.41) is 5.20. The minimum Gasteiger partial charge on any atom is -0.450 e. The Morgan fingerprint density at radius 2 is 2.08 bits per heavy atom. The lowest BCUT2D eigenvalue weighted by atomic mass is 10.1. The van der Waals surface area contributed by atoms with Gasteiger partial charge < -0.3 is 20.2 Å². The molecule has 0 fully saturated rings. The molecule has 0 radical (unpaired) electrons. The highest BCUT2D eigenvalue weighted by Gasteiger charge is 2.21. The number of anilines is 1. The maximum Gasteiger partial charge on any atom is 0.375 e. The number of ether oxygens (including phenoxy) is 1. The van der Waals surface area contributed by atoms with Gasteiger partial charge in [0.25, 0.3) is 11.8 Å². The van der Waals surface area contributed by atoms with Gasteiger partial charge in [0.05, 0.1) is 5.56 Å². The number of hydrogen-bond donors (Lipinski definition) is 2. The molecule has 3 N–H and O–H groups in total. The highest BCUT2D eigenvalue weighted by Crippen LogP contribution is 2.28. The number of carbonyl (C=O) groups is 3. The molecule has 2 heterocycles. The maximum atomic E-state index is 12.2. The molecule has 3 rings (SSSR count). The van der Waals surface area contributed by atoms with Crippen LogP contribution in [-0.4, -0.2) is 24.4 Å². The Bertz CT molecular complexity index is 1020. The SMILES string of the molecule is Cc1c(C(=O)OCC(=O)Nc2sccc2C(N)=O)oc2ccc(Br)cc12. The second kappa shape index (κ2) is 7.30. The van der Waals surface area contributed by atoms with Gasteiger partial charge in [-0.1, -0.05) is 15.9 Å². The third-order valence-electron chi connectivity index (χ3n) is 3.60. The van der Waals surface area contributed by atoms with E-state index in [0.717, 1.165) is 21.2 Å². The fourth-order valence-electron chi connectivity index (χ4n) is 2.35. The highest BCUT2D eigenvalue weighted by atomic mass is 79.9. The minimum absolute atomic E-state index is 0.0415.